The van der Waals surface area contributed by atoms with Gasteiger partial charge in [-0.3, -0.25) is 0 Å². The molecule has 3 N–H and O–H groups in total. The number of methoxy groups -OCH3 is 2. The van der Waals surface area contributed by atoms with E-state index >= 15 is 0 Å². The van der Waals surface area contributed by atoms with Gasteiger partial charge in [0.1, 0.15) is 23.7 Å². The molecule has 9 nitrogen and oxygen atoms in total. The van der Waals surface area contributed by atoms with Gasteiger partial charge in [-0.1, -0.05) is 20.8 Å². The molecule has 33 heavy (non-hydrogen) atoms. The number of aromatic nitrogens is 2. The molecule has 1 aromatic heterocycles. The van der Waals surface area contributed by atoms with Gasteiger partial charge >= 0.3 is 0 Å². The predicted octanol–water partition coefficient (Wildman–Crippen LogP) is 2.72. The lowest BCUT2D eigenvalue weighted by molar-refractivity contribution is 0.0689. The molecule has 2 aliphatic rings. The Morgan fingerprint density at radius 3 is 2.30 bits per heavy atom. The highest BCUT2D eigenvalue weighted by Gasteiger charge is 2.48. The second kappa shape index (κ2) is 9.66. The van der Waals surface area contributed by atoms with Crippen molar-refractivity contribution in [3.63, 3.8) is 0 Å². The maximum atomic E-state index is 6.06. The molecule has 4 atom stereocenters. The zero-order chi connectivity index (χ0) is 23.6. The van der Waals surface area contributed by atoms with E-state index in [1.54, 1.807) is 26.5 Å². The summed E-state index contributed by atoms with van der Waals surface area (Å²) in [6.45, 7) is 7.37. The van der Waals surface area contributed by atoms with Crippen LogP contribution in [0.15, 0.2) is 30.5 Å². The Bertz CT molecular complexity index is 977. The fraction of sp³-hybridized carbons (Fsp3) is 0.522. The van der Waals surface area contributed by atoms with Crippen LogP contribution in [-0.2, 0) is 14.9 Å². The topological polar surface area (TPSA) is 98.8 Å². The van der Waals surface area contributed by atoms with Crippen molar-refractivity contribution in [2.45, 2.75) is 50.5 Å². The van der Waals surface area contributed by atoms with E-state index in [0.717, 1.165) is 11.4 Å². The van der Waals surface area contributed by atoms with E-state index in [0.29, 0.717) is 35.8 Å². The van der Waals surface area contributed by atoms with E-state index in [4.69, 9.17) is 31.2 Å². The highest BCUT2D eigenvalue weighted by atomic mass is 32.1. The lowest BCUT2D eigenvalue weighted by Gasteiger charge is -2.21. The molecule has 178 valence electrons. The quantitative estimate of drug-likeness (QED) is 0.543. The number of fused-ring (bicyclic) bond motifs is 1. The zero-order valence-corrected chi connectivity index (χ0v) is 20.4. The first-order valence-electron chi connectivity index (χ1n) is 10.9. The van der Waals surface area contributed by atoms with Crippen LogP contribution in [0.2, 0.25) is 0 Å². The summed E-state index contributed by atoms with van der Waals surface area (Å²) in [7, 11) is 3.22. The molecule has 0 unspecified atom stereocenters. The molecule has 2 aromatic rings. The van der Waals surface area contributed by atoms with Gasteiger partial charge in [0.15, 0.2) is 5.11 Å². The lowest BCUT2D eigenvalue weighted by Crippen LogP contribution is -2.46. The van der Waals surface area contributed by atoms with Crippen LogP contribution in [0, 0.1) is 0 Å². The molecule has 3 heterocycles. The third-order valence-corrected chi connectivity index (χ3v) is 5.94. The van der Waals surface area contributed by atoms with E-state index < -0.39 is 0 Å². The molecular weight excluding hydrogens is 442 g/mol. The number of rotatable bonds is 6. The Hall–Kier alpha value is -2.69. The van der Waals surface area contributed by atoms with E-state index in [2.05, 4.69) is 46.7 Å². The van der Waals surface area contributed by atoms with Crippen molar-refractivity contribution in [1.29, 1.82) is 0 Å². The van der Waals surface area contributed by atoms with E-state index in [1.165, 1.54) is 0 Å². The first-order valence-corrected chi connectivity index (χ1v) is 11.3. The highest BCUT2D eigenvalue weighted by Crippen LogP contribution is 2.30. The second-order valence-electron chi connectivity index (χ2n) is 9.17. The maximum absolute atomic E-state index is 6.06. The fourth-order valence-electron chi connectivity index (χ4n) is 3.97. The molecule has 4 rings (SSSR count). The van der Waals surface area contributed by atoms with Crippen molar-refractivity contribution in [2.24, 2.45) is 0 Å². The average molecular weight is 474 g/mol. The van der Waals surface area contributed by atoms with Gasteiger partial charge in [0.05, 0.1) is 45.2 Å². The number of hydrogen-bond acceptors (Lipinski definition) is 8. The number of anilines is 2. The molecule has 0 saturated carbocycles. The smallest absolute Gasteiger partial charge is 0.223 e. The minimum absolute atomic E-state index is 0.0406. The van der Waals surface area contributed by atoms with Crippen LogP contribution < -0.4 is 25.4 Å². The lowest BCUT2D eigenvalue weighted by atomic mass is 9.92. The molecule has 1 aromatic carbocycles. The normalized spacial score (nSPS) is 24.2. The third kappa shape index (κ3) is 5.45. The van der Waals surface area contributed by atoms with Gasteiger partial charge in [-0.2, -0.15) is 0 Å². The molecule has 2 fully saturated rings. The second-order valence-corrected chi connectivity index (χ2v) is 9.58. The van der Waals surface area contributed by atoms with Crippen molar-refractivity contribution in [3.05, 3.63) is 36.2 Å². The van der Waals surface area contributed by atoms with E-state index in [1.807, 2.05) is 18.2 Å². The first-order chi connectivity index (χ1) is 15.8. The summed E-state index contributed by atoms with van der Waals surface area (Å²) in [4.78, 5) is 9.04. The van der Waals surface area contributed by atoms with Gasteiger partial charge in [-0.25, -0.2) is 9.97 Å². The number of benzene rings is 1. The Morgan fingerprint density at radius 1 is 1.03 bits per heavy atom. The van der Waals surface area contributed by atoms with Crippen molar-refractivity contribution in [3.8, 4) is 11.5 Å². The number of nitrogens with one attached hydrogen (secondary N) is 3. The van der Waals surface area contributed by atoms with Crippen LogP contribution in [-0.4, -0.2) is 66.8 Å². The molecule has 10 heteroatoms. The summed E-state index contributed by atoms with van der Waals surface area (Å²) in [6.07, 6.45) is 1.53. The molecule has 2 saturated heterocycles. The molecule has 0 aliphatic carbocycles. The predicted molar refractivity (Wildman–Crippen MR) is 130 cm³/mol. The van der Waals surface area contributed by atoms with Gasteiger partial charge in [0, 0.05) is 35.5 Å². The molecule has 0 radical (unpaired) electrons. The van der Waals surface area contributed by atoms with Gasteiger partial charge in [0.25, 0.3) is 0 Å². The summed E-state index contributed by atoms with van der Waals surface area (Å²) in [5.74, 6) is 1.94. The van der Waals surface area contributed by atoms with Crippen molar-refractivity contribution in [2.75, 3.05) is 38.1 Å². The maximum Gasteiger partial charge on any atom is 0.223 e. The van der Waals surface area contributed by atoms with Gasteiger partial charge in [-0.15, -0.1) is 0 Å². The van der Waals surface area contributed by atoms with Crippen molar-refractivity contribution >= 4 is 29.0 Å². The molecular formula is C23H31N5O4S. The number of nitrogens with zero attached hydrogens (tertiary/aromatic N) is 2. The highest BCUT2D eigenvalue weighted by molar-refractivity contribution is 7.80. The first kappa shape index (κ1) is 23.5. The van der Waals surface area contributed by atoms with Crippen LogP contribution in [0.1, 0.15) is 26.5 Å². The summed E-state index contributed by atoms with van der Waals surface area (Å²) in [5, 5.41) is 10.4. The monoisotopic (exact) mass is 473 g/mol. The minimum atomic E-state index is -0.132. The van der Waals surface area contributed by atoms with E-state index in [-0.39, 0.29) is 29.7 Å². The Kier molecular flexibility index (Phi) is 6.87. The third-order valence-electron chi connectivity index (χ3n) is 5.72. The summed E-state index contributed by atoms with van der Waals surface area (Å²) in [6, 6.07) is 7.33. The Balaban J connectivity index is 1.35. The minimum Gasteiger partial charge on any atom is -0.497 e. The summed E-state index contributed by atoms with van der Waals surface area (Å²) >= 11 is 5.52. The van der Waals surface area contributed by atoms with Gasteiger partial charge in [0.2, 0.25) is 5.95 Å². The van der Waals surface area contributed by atoms with Crippen molar-refractivity contribution < 1.29 is 18.9 Å². The number of ether oxygens (including phenoxy) is 4. The molecule has 0 amide bonds. The van der Waals surface area contributed by atoms with E-state index in [9.17, 15) is 0 Å². The molecule has 2 aliphatic heterocycles. The zero-order valence-electron chi connectivity index (χ0n) is 19.5. The molecule has 0 spiro atoms. The average Bonchev–Trinajstić information content (AvgIpc) is 3.36. The SMILES string of the molecule is COc1cc(NC(=S)N[C@H]2CO[C@H]3[C@H]2OC[C@H]3Nc2nccc(C(C)(C)C)n2)cc(OC)c1. The van der Waals surface area contributed by atoms with Crippen molar-refractivity contribution in [1.82, 2.24) is 15.3 Å². The van der Waals surface area contributed by atoms with Crippen LogP contribution in [0.3, 0.4) is 0 Å². The van der Waals surface area contributed by atoms with Gasteiger partial charge in [-0.05, 0) is 18.3 Å². The fourth-order valence-corrected chi connectivity index (χ4v) is 4.24. The Labute approximate surface area is 199 Å². The summed E-state index contributed by atoms with van der Waals surface area (Å²) < 4.78 is 22.8. The van der Waals surface area contributed by atoms with Crippen LogP contribution in [0.25, 0.3) is 0 Å². The Morgan fingerprint density at radius 2 is 1.67 bits per heavy atom. The largest absolute Gasteiger partial charge is 0.497 e. The number of hydrogen-bond donors (Lipinski definition) is 3. The van der Waals surface area contributed by atoms with Crippen LogP contribution in [0.4, 0.5) is 11.6 Å². The van der Waals surface area contributed by atoms with Crippen LogP contribution in [0.5, 0.6) is 11.5 Å². The summed E-state index contributed by atoms with van der Waals surface area (Å²) in [5.41, 5.74) is 1.69. The van der Waals surface area contributed by atoms with Crippen LogP contribution >= 0.6 is 12.2 Å². The standard InChI is InChI=1S/C23H31N5O4S/c1-23(2,3)18-6-7-24-21(28-18)26-16-11-31-20-17(12-32-19(16)20)27-22(33)25-13-8-14(29-4)10-15(9-13)30-5/h6-10,16-17,19-20H,11-12H2,1-5H3,(H,24,26,28)(H2,25,27,33)/t16-,17+,19-,20+/m1/s1. The molecule has 0 bridgehead atoms. The number of thiocarbonyl (C=S) groups is 1. The van der Waals surface area contributed by atoms with Gasteiger partial charge < -0.3 is 34.9 Å².